The van der Waals surface area contributed by atoms with Crippen molar-refractivity contribution in [2.45, 2.75) is 32.2 Å². The summed E-state index contributed by atoms with van der Waals surface area (Å²) < 4.78 is 0. The van der Waals surface area contributed by atoms with E-state index < -0.39 is 0 Å². The third-order valence-electron chi connectivity index (χ3n) is 3.16. The Morgan fingerprint density at radius 3 is 3.17 bits per heavy atom. The fourth-order valence-corrected chi connectivity index (χ4v) is 3.36. The van der Waals surface area contributed by atoms with Crippen LogP contribution in [0, 0.1) is 0 Å². The molecule has 2 aromatic heterocycles. The zero-order chi connectivity index (χ0) is 12.5. The van der Waals surface area contributed by atoms with Gasteiger partial charge in [-0.2, -0.15) is 5.10 Å². The van der Waals surface area contributed by atoms with Gasteiger partial charge in [0, 0.05) is 4.88 Å². The number of H-pyrrole nitrogens is 1. The van der Waals surface area contributed by atoms with Crippen molar-refractivity contribution in [2.24, 2.45) is 0 Å². The molecule has 1 amide bonds. The summed E-state index contributed by atoms with van der Waals surface area (Å²) in [4.78, 5) is 18.3. The fourth-order valence-electron chi connectivity index (χ4n) is 2.20. The first-order valence-electron chi connectivity index (χ1n) is 6.02. The molecule has 2 heterocycles. The van der Waals surface area contributed by atoms with Crippen LogP contribution < -0.4 is 5.32 Å². The van der Waals surface area contributed by atoms with Crippen LogP contribution in [0.25, 0.3) is 0 Å². The number of fused-ring (bicyclic) bond motifs is 1. The summed E-state index contributed by atoms with van der Waals surface area (Å²) >= 11 is 1.61. The number of rotatable bonds is 3. The van der Waals surface area contributed by atoms with Gasteiger partial charge < -0.3 is 5.32 Å². The van der Waals surface area contributed by atoms with Gasteiger partial charge in [-0.05, 0) is 37.8 Å². The van der Waals surface area contributed by atoms with Gasteiger partial charge in [0.2, 0.25) is 0 Å². The summed E-state index contributed by atoms with van der Waals surface area (Å²) in [5, 5.41) is 9.46. The molecular weight excluding hydrogens is 248 g/mol. The number of nitrogens with zero attached hydrogens (tertiary/aromatic N) is 2. The molecule has 1 atom stereocenters. The van der Waals surface area contributed by atoms with Gasteiger partial charge in [-0.3, -0.25) is 9.89 Å². The molecule has 0 bridgehead atoms. The van der Waals surface area contributed by atoms with Crippen LogP contribution in [0.4, 0.5) is 0 Å². The quantitative estimate of drug-likeness (QED) is 0.886. The highest BCUT2D eigenvalue weighted by Gasteiger charge is 2.20. The molecule has 0 radical (unpaired) electrons. The van der Waals surface area contributed by atoms with E-state index in [4.69, 9.17) is 0 Å². The van der Waals surface area contributed by atoms with E-state index in [1.54, 1.807) is 11.3 Å². The molecule has 0 saturated carbocycles. The minimum atomic E-state index is -0.156. The Labute approximate surface area is 109 Å². The Bertz CT molecular complexity index is 539. The normalized spacial score (nSPS) is 15.4. The van der Waals surface area contributed by atoms with Crippen molar-refractivity contribution < 1.29 is 4.79 Å². The molecule has 2 N–H and O–H groups in total. The summed E-state index contributed by atoms with van der Waals surface area (Å²) in [6, 6.07) is 1.87. The minimum Gasteiger partial charge on any atom is -0.342 e. The number of carbonyl (C=O) groups is 1. The largest absolute Gasteiger partial charge is 0.342 e. The molecule has 6 heteroatoms. The van der Waals surface area contributed by atoms with Crippen molar-refractivity contribution in [3.8, 4) is 0 Å². The predicted octanol–water partition coefficient (Wildman–Crippen LogP) is 1.85. The highest BCUT2D eigenvalue weighted by Crippen LogP contribution is 2.30. The van der Waals surface area contributed by atoms with Crippen LogP contribution in [-0.2, 0) is 12.8 Å². The summed E-state index contributed by atoms with van der Waals surface area (Å²) in [6.45, 7) is 1.89. The number of hydrogen-bond donors (Lipinski definition) is 2. The molecule has 0 spiro atoms. The van der Waals surface area contributed by atoms with E-state index in [0.29, 0.717) is 5.82 Å². The van der Waals surface area contributed by atoms with Crippen LogP contribution in [0.2, 0.25) is 0 Å². The van der Waals surface area contributed by atoms with Crippen molar-refractivity contribution in [1.82, 2.24) is 20.5 Å². The van der Waals surface area contributed by atoms with E-state index in [1.165, 1.54) is 23.2 Å². The molecule has 1 aliphatic rings. The molecule has 0 saturated heterocycles. The molecule has 18 heavy (non-hydrogen) atoms. The number of carbonyl (C=O) groups excluding carboxylic acids is 1. The molecule has 1 unspecified atom stereocenters. The van der Waals surface area contributed by atoms with Crippen molar-refractivity contribution in [3.63, 3.8) is 0 Å². The Hall–Kier alpha value is -1.69. The van der Waals surface area contributed by atoms with Gasteiger partial charge in [0.05, 0.1) is 10.9 Å². The van der Waals surface area contributed by atoms with Gasteiger partial charge in [-0.1, -0.05) is 0 Å². The molecule has 1 aliphatic carbocycles. The first kappa shape index (κ1) is 11.4. The third-order valence-corrected chi connectivity index (χ3v) is 4.40. The second-order valence-corrected chi connectivity index (χ2v) is 5.62. The van der Waals surface area contributed by atoms with E-state index in [-0.39, 0.29) is 11.9 Å². The molecule has 0 aromatic carbocycles. The van der Waals surface area contributed by atoms with Crippen LogP contribution in [0.15, 0.2) is 12.4 Å². The van der Waals surface area contributed by atoms with E-state index in [1.807, 2.05) is 13.0 Å². The highest BCUT2D eigenvalue weighted by atomic mass is 32.1. The van der Waals surface area contributed by atoms with Gasteiger partial charge in [-0.15, -0.1) is 11.3 Å². The highest BCUT2D eigenvalue weighted by molar-refractivity contribution is 7.14. The van der Waals surface area contributed by atoms with E-state index in [9.17, 15) is 4.79 Å². The second-order valence-electron chi connectivity index (χ2n) is 4.48. The number of aryl methyl sites for hydroxylation is 2. The van der Waals surface area contributed by atoms with Crippen LogP contribution in [0.1, 0.15) is 45.3 Å². The van der Waals surface area contributed by atoms with E-state index in [0.717, 1.165) is 17.7 Å². The van der Waals surface area contributed by atoms with Gasteiger partial charge in [-0.25, -0.2) is 4.98 Å². The SMILES string of the molecule is CC(NC(=O)c1cc2c(s1)CCC2)c1ncn[nH]1. The Morgan fingerprint density at radius 1 is 1.56 bits per heavy atom. The van der Waals surface area contributed by atoms with Gasteiger partial charge in [0.15, 0.2) is 0 Å². The maximum atomic E-state index is 12.1. The van der Waals surface area contributed by atoms with Gasteiger partial charge in [0.1, 0.15) is 12.2 Å². The number of aromatic amines is 1. The summed E-state index contributed by atoms with van der Waals surface area (Å²) in [6.07, 6.45) is 4.89. The zero-order valence-corrected chi connectivity index (χ0v) is 10.9. The fraction of sp³-hybridized carbons (Fsp3) is 0.417. The maximum Gasteiger partial charge on any atom is 0.261 e. The average molecular weight is 262 g/mol. The first-order chi connectivity index (χ1) is 8.74. The van der Waals surface area contributed by atoms with Crippen molar-refractivity contribution in [1.29, 1.82) is 0 Å². The summed E-state index contributed by atoms with van der Waals surface area (Å²) in [5.41, 5.74) is 1.34. The lowest BCUT2D eigenvalue weighted by atomic mass is 10.2. The third kappa shape index (κ3) is 2.03. The lowest BCUT2D eigenvalue weighted by Gasteiger charge is -2.09. The first-order valence-corrected chi connectivity index (χ1v) is 6.83. The lowest BCUT2D eigenvalue weighted by molar-refractivity contribution is 0.0942. The molecule has 2 aromatic rings. The van der Waals surface area contributed by atoms with Crippen LogP contribution in [-0.4, -0.2) is 21.1 Å². The second kappa shape index (κ2) is 4.53. The van der Waals surface area contributed by atoms with Crippen molar-refractivity contribution in [2.75, 3.05) is 0 Å². The molecule has 0 aliphatic heterocycles. The summed E-state index contributed by atoms with van der Waals surface area (Å²) in [5.74, 6) is 0.644. The number of nitrogens with one attached hydrogen (secondary N) is 2. The summed E-state index contributed by atoms with van der Waals surface area (Å²) in [7, 11) is 0. The maximum absolute atomic E-state index is 12.1. The van der Waals surface area contributed by atoms with Gasteiger partial charge >= 0.3 is 0 Å². The van der Waals surface area contributed by atoms with Crippen molar-refractivity contribution in [3.05, 3.63) is 33.5 Å². The minimum absolute atomic E-state index is 0.0294. The zero-order valence-electron chi connectivity index (χ0n) is 10.1. The number of aromatic nitrogens is 3. The average Bonchev–Trinajstić information content (AvgIpc) is 3.05. The van der Waals surface area contributed by atoms with Gasteiger partial charge in [0.25, 0.3) is 5.91 Å². The molecule has 3 rings (SSSR count). The Kier molecular flexibility index (Phi) is 2.87. The Balaban J connectivity index is 1.71. The number of thiophene rings is 1. The van der Waals surface area contributed by atoms with E-state index in [2.05, 4.69) is 20.5 Å². The van der Waals surface area contributed by atoms with Crippen LogP contribution >= 0.6 is 11.3 Å². The molecule has 94 valence electrons. The van der Waals surface area contributed by atoms with Crippen LogP contribution in [0.3, 0.4) is 0 Å². The monoisotopic (exact) mass is 262 g/mol. The molecule has 5 nitrogen and oxygen atoms in total. The Morgan fingerprint density at radius 2 is 2.44 bits per heavy atom. The lowest BCUT2D eigenvalue weighted by Crippen LogP contribution is -2.26. The number of amides is 1. The van der Waals surface area contributed by atoms with E-state index >= 15 is 0 Å². The topological polar surface area (TPSA) is 70.7 Å². The molecular formula is C12H14N4OS. The van der Waals surface area contributed by atoms with Crippen LogP contribution in [0.5, 0.6) is 0 Å². The standard InChI is InChI=1S/C12H14N4OS/c1-7(11-13-6-14-16-11)15-12(17)10-5-8-3-2-4-9(8)18-10/h5-7H,2-4H2,1H3,(H,15,17)(H,13,14,16). The molecule has 0 fully saturated rings. The smallest absolute Gasteiger partial charge is 0.261 e. The van der Waals surface area contributed by atoms with Crippen molar-refractivity contribution >= 4 is 17.2 Å². The number of hydrogen-bond acceptors (Lipinski definition) is 4. The predicted molar refractivity (Wildman–Crippen MR) is 68.6 cm³/mol.